The molecule has 2 aliphatic heterocycles. The molecule has 116 valence electrons. The van der Waals surface area contributed by atoms with Gasteiger partial charge >= 0.3 is 0 Å². The molecule has 2 fully saturated rings. The number of piperidine rings is 1. The molecular weight excluding hydrogens is 286 g/mol. The Morgan fingerprint density at radius 3 is 2.86 bits per heavy atom. The molecule has 1 aromatic rings. The van der Waals surface area contributed by atoms with E-state index in [0.29, 0.717) is 11.5 Å². The number of ether oxygens (including phenoxy) is 1. The van der Waals surface area contributed by atoms with E-state index in [2.05, 4.69) is 11.0 Å². The van der Waals surface area contributed by atoms with E-state index in [1.807, 2.05) is 18.2 Å². The molecule has 0 aromatic heterocycles. The van der Waals surface area contributed by atoms with Crippen LogP contribution in [0.25, 0.3) is 0 Å². The van der Waals surface area contributed by atoms with Crippen molar-refractivity contribution in [1.82, 2.24) is 4.90 Å². The van der Waals surface area contributed by atoms with Gasteiger partial charge in [-0.1, -0.05) is 23.7 Å². The van der Waals surface area contributed by atoms with E-state index in [9.17, 15) is 0 Å². The van der Waals surface area contributed by atoms with Gasteiger partial charge in [0, 0.05) is 11.6 Å². The third-order valence-corrected chi connectivity index (χ3v) is 5.21. The average molecular weight is 310 g/mol. The Kier molecular flexibility index (Phi) is 4.85. The largest absolute Gasteiger partial charge is 0.395 e. The van der Waals surface area contributed by atoms with Gasteiger partial charge in [-0.05, 0) is 61.9 Å². The third-order valence-electron chi connectivity index (χ3n) is 4.97. The third kappa shape index (κ3) is 3.78. The second kappa shape index (κ2) is 6.66. The molecule has 1 unspecified atom stereocenters. The van der Waals surface area contributed by atoms with E-state index in [1.165, 1.54) is 18.4 Å². The van der Waals surface area contributed by atoms with Gasteiger partial charge in [0.2, 0.25) is 0 Å². The Balaban J connectivity index is 1.54. The molecule has 3 nitrogen and oxygen atoms in total. The van der Waals surface area contributed by atoms with Gasteiger partial charge < -0.3 is 14.7 Å². The molecule has 1 atom stereocenters. The molecule has 0 aliphatic carbocycles. The van der Waals surface area contributed by atoms with Crippen LogP contribution in [0.5, 0.6) is 0 Å². The van der Waals surface area contributed by atoms with E-state index in [0.717, 1.165) is 44.1 Å². The van der Waals surface area contributed by atoms with Gasteiger partial charge in [-0.25, -0.2) is 0 Å². The van der Waals surface area contributed by atoms with Crippen molar-refractivity contribution in [2.24, 2.45) is 5.41 Å². The zero-order chi connectivity index (χ0) is 14.7. The number of nitrogens with zero attached hydrogens (tertiary/aromatic N) is 1. The van der Waals surface area contributed by atoms with Gasteiger partial charge in [-0.2, -0.15) is 0 Å². The van der Waals surface area contributed by atoms with E-state index in [-0.39, 0.29) is 6.61 Å². The van der Waals surface area contributed by atoms with Crippen molar-refractivity contribution < 1.29 is 9.84 Å². The number of benzene rings is 1. The lowest BCUT2D eigenvalue weighted by Crippen LogP contribution is -2.41. The molecule has 2 heterocycles. The number of likely N-dealkylation sites (tertiary alicyclic amines) is 1. The van der Waals surface area contributed by atoms with Crippen molar-refractivity contribution in [3.05, 3.63) is 34.9 Å². The van der Waals surface area contributed by atoms with Crippen LogP contribution in [0.1, 0.15) is 24.8 Å². The van der Waals surface area contributed by atoms with E-state index in [4.69, 9.17) is 21.4 Å². The number of halogens is 1. The molecule has 0 bridgehead atoms. The summed E-state index contributed by atoms with van der Waals surface area (Å²) in [6.45, 7) is 4.15. The normalized spacial score (nSPS) is 25.5. The lowest BCUT2D eigenvalue weighted by molar-refractivity contribution is 0.0600. The molecule has 1 aromatic carbocycles. The first-order valence-electron chi connectivity index (χ1n) is 7.88. The number of hydrogen-bond acceptors (Lipinski definition) is 3. The van der Waals surface area contributed by atoms with E-state index in [1.54, 1.807) is 0 Å². The van der Waals surface area contributed by atoms with E-state index >= 15 is 0 Å². The number of hydrogen-bond donors (Lipinski definition) is 1. The molecule has 1 N–H and O–H groups in total. The highest BCUT2D eigenvalue weighted by Crippen LogP contribution is 2.42. The second-order valence-electron chi connectivity index (χ2n) is 6.54. The van der Waals surface area contributed by atoms with Gasteiger partial charge in [-0.15, -0.1) is 0 Å². The number of rotatable bonds is 4. The van der Waals surface area contributed by atoms with Gasteiger partial charge in [0.1, 0.15) is 0 Å². The first-order valence-corrected chi connectivity index (χ1v) is 8.26. The lowest BCUT2D eigenvalue weighted by Gasteiger charge is -2.38. The summed E-state index contributed by atoms with van der Waals surface area (Å²) in [5.74, 6) is 0. The summed E-state index contributed by atoms with van der Waals surface area (Å²) in [6.07, 6.45) is 4.83. The Hall–Kier alpha value is -0.610. The van der Waals surface area contributed by atoms with Crippen molar-refractivity contribution in [2.45, 2.75) is 31.8 Å². The minimum Gasteiger partial charge on any atom is -0.395 e. The highest BCUT2D eigenvalue weighted by molar-refractivity contribution is 6.30. The van der Waals surface area contributed by atoms with Crippen molar-refractivity contribution >= 4 is 11.6 Å². The maximum atomic E-state index is 9.03. The average Bonchev–Trinajstić information content (AvgIpc) is 2.85. The standard InChI is InChI=1S/C17H24ClNO2/c18-15-3-1-2-14(10-15)11-16-12-17(13-21-16)4-6-19(7-5-17)8-9-20/h1-3,10,16,20H,4-9,11-13H2. The SMILES string of the molecule is OCCN1CCC2(CC1)COC(Cc1cccc(Cl)c1)C2. The highest BCUT2D eigenvalue weighted by atomic mass is 35.5. The smallest absolute Gasteiger partial charge is 0.0621 e. The predicted octanol–water partition coefficient (Wildman–Crippen LogP) is 2.75. The molecule has 4 heteroatoms. The topological polar surface area (TPSA) is 32.7 Å². The van der Waals surface area contributed by atoms with Crippen LogP contribution < -0.4 is 0 Å². The summed E-state index contributed by atoms with van der Waals surface area (Å²) in [4.78, 5) is 2.36. The maximum Gasteiger partial charge on any atom is 0.0621 e. The molecule has 2 saturated heterocycles. The second-order valence-corrected chi connectivity index (χ2v) is 6.97. The van der Waals surface area contributed by atoms with Gasteiger partial charge in [0.05, 0.1) is 19.3 Å². The Morgan fingerprint density at radius 1 is 1.33 bits per heavy atom. The van der Waals surface area contributed by atoms with Gasteiger partial charge in [-0.3, -0.25) is 0 Å². The van der Waals surface area contributed by atoms with Crippen molar-refractivity contribution in [1.29, 1.82) is 0 Å². The zero-order valence-electron chi connectivity index (χ0n) is 12.4. The summed E-state index contributed by atoms with van der Waals surface area (Å²) in [6, 6.07) is 8.10. The highest BCUT2D eigenvalue weighted by Gasteiger charge is 2.42. The monoisotopic (exact) mass is 309 g/mol. The molecule has 0 saturated carbocycles. The fraction of sp³-hybridized carbons (Fsp3) is 0.647. The summed E-state index contributed by atoms with van der Waals surface area (Å²) >= 11 is 6.05. The molecule has 3 rings (SSSR count). The Bertz CT molecular complexity index is 472. The molecule has 0 radical (unpaired) electrons. The fourth-order valence-electron chi connectivity index (χ4n) is 3.69. The summed E-state index contributed by atoms with van der Waals surface area (Å²) in [5.41, 5.74) is 1.64. The molecular formula is C17H24ClNO2. The molecule has 21 heavy (non-hydrogen) atoms. The molecule has 0 amide bonds. The number of aliphatic hydroxyl groups excluding tert-OH is 1. The molecule has 2 aliphatic rings. The Labute approximate surface area is 131 Å². The zero-order valence-corrected chi connectivity index (χ0v) is 13.2. The minimum atomic E-state index is 0.265. The first-order chi connectivity index (χ1) is 10.2. The lowest BCUT2D eigenvalue weighted by atomic mass is 9.76. The van der Waals surface area contributed by atoms with Crippen LogP contribution in [0.3, 0.4) is 0 Å². The van der Waals surface area contributed by atoms with Gasteiger partial charge in [0.15, 0.2) is 0 Å². The summed E-state index contributed by atoms with van der Waals surface area (Å²) in [7, 11) is 0. The first kappa shape index (κ1) is 15.3. The number of β-amino-alcohol motifs (C(OH)–C–C–N with tert-alkyl or cyclic N) is 1. The Morgan fingerprint density at radius 2 is 2.14 bits per heavy atom. The van der Waals surface area contributed by atoms with Crippen LogP contribution in [0.2, 0.25) is 5.02 Å². The van der Waals surface area contributed by atoms with Crippen molar-refractivity contribution in [3.63, 3.8) is 0 Å². The maximum absolute atomic E-state index is 9.03. The van der Waals surface area contributed by atoms with Crippen molar-refractivity contribution in [3.8, 4) is 0 Å². The quantitative estimate of drug-likeness (QED) is 0.928. The van der Waals surface area contributed by atoms with Crippen LogP contribution in [0.4, 0.5) is 0 Å². The van der Waals surface area contributed by atoms with Crippen molar-refractivity contribution in [2.75, 3.05) is 32.8 Å². The molecule has 1 spiro atoms. The minimum absolute atomic E-state index is 0.265. The van der Waals surface area contributed by atoms with Crippen LogP contribution in [0, 0.1) is 5.41 Å². The number of aliphatic hydroxyl groups is 1. The van der Waals surface area contributed by atoms with Gasteiger partial charge in [0.25, 0.3) is 0 Å². The summed E-state index contributed by atoms with van der Waals surface area (Å²) in [5, 5.41) is 9.83. The van der Waals surface area contributed by atoms with E-state index < -0.39 is 0 Å². The predicted molar refractivity (Wildman–Crippen MR) is 84.7 cm³/mol. The van der Waals surface area contributed by atoms with Crippen LogP contribution >= 0.6 is 11.6 Å². The van der Waals surface area contributed by atoms with Crippen LogP contribution in [-0.2, 0) is 11.2 Å². The van der Waals surface area contributed by atoms with Crippen LogP contribution in [-0.4, -0.2) is 49.0 Å². The summed E-state index contributed by atoms with van der Waals surface area (Å²) < 4.78 is 6.07. The fourth-order valence-corrected chi connectivity index (χ4v) is 3.91. The van der Waals surface area contributed by atoms with Crippen LogP contribution in [0.15, 0.2) is 24.3 Å².